The molecule has 1 N–H and O–H groups in total. The molecule has 36 heavy (non-hydrogen) atoms. The number of hydrogen-bond acceptors (Lipinski definition) is 4. The average Bonchev–Trinajstić information content (AvgIpc) is 3.47. The normalized spacial score (nSPS) is 14.4. The fraction of sp³-hybridized carbons (Fsp3) is 0.379. The number of fused-ring (bicyclic) bond motifs is 1. The summed E-state index contributed by atoms with van der Waals surface area (Å²) in [6.45, 7) is 15.6. The Bertz CT molecular complexity index is 1430. The monoisotopic (exact) mass is 485 g/mol. The van der Waals surface area contributed by atoms with Gasteiger partial charge in [0.05, 0.1) is 30.2 Å². The van der Waals surface area contributed by atoms with Gasteiger partial charge in [0, 0.05) is 54.7 Å². The molecule has 1 amide bonds. The summed E-state index contributed by atoms with van der Waals surface area (Å²) < 4.78 is 9.76. The van der Waals surface area contributed by atoms with Gasteiger partial charge in [-0.3, -0.25) is 4.79 Å². The van der Waals surface area contributed by atoms with Crippen molar-refractivity contribution in [2.24, 2.45) is 0 Å². The van der Waals surface area contributed by atoms with Crippen LogP contribution in [0.5, 0.6) is 0 Å². The predicted octanol–water partition coefficient (Wildman–Crippen LogP) is 5.57. The van der Waals surface area contributed by atoms with Gasteiger partial charge in [-0.25, -0.2) is 4.98 Å². The Morgan fingerprint density at radius 3 is 2.44 bits per heavy atom. The molecule has 0 radical (unpaired) electrons. The minimum Gasteiger partial charge on any atom is -0.378 e. The first-order valence-electron chi connectivity index (χ1n) is 12.5. The highest BCUT2D eigenvalue weighted by Gasteiger charge is 2.20. The molecule has 1 aliphatic heterocycles. The first-order chi connectivity index (χ1) is 17.1. The number of benzene rings is 1. The number of hydrogen-bond donors (Lipinski definition) is 1. The van der Waals surface area contributed by atoms with Gasteiger partial charge in [0.15, 0.2) is 5.65 Å². The maximum absolute atomic E-state index is 13.1. The summed E-state index contributed by atoms with van der Waals surface area (Å²) in [5.74, 6) is -0.106. The van der Waals surface area contributed by atoms with Gasteiger partial charge in [0.1, 0.15) is 0 Å². The molecule has 4 heterocycles. The van der Waals surface area contributed by atoms with E-state index in [0.29, 0.717) is 18.8 Å². The second-order valence-corrected chi connectivity index (χ2v) is 10.7. The summed E-state index contributed by atoms with van der Waals surface area (Å²) in [6.07, 6.45) is 8.06. The van der Waals surface area contributed by atoms with Gasteiger partial charge in [-0.1, -0.05) is 6.07 Å². The number of rotatable bonds is 4. The molecule has 1 aliphatic rings. The fourth-order valence-electron chi connectivity index (χ4n) is 4.83. The Morgan fingerprint density at radius 1 is 1.00 bits per heavy atom. The van der Waals surface area contributed by atoms with E-state index in [1.54, 1.807) is 0 Å². The third-order valence-corrected chi connectivity index (χ3v) is 6.86. The van der Waals surface area contributed by atoms with Crippen LogP contribution in [0.25, 0.3) is 16.8 Å². The van der Waals surface area contributed by atoms with E-state index < -0.39 is 0 Å². The van der Waals surface area contributed by atoms with E-state index in [1.165, 1.54) is 0 Å². The van der Waals surface area contributed by atoms with Crippen molar-refractivity contribution < 1.29 is 9.53 Å². The van der Waals surface area contributed by atoms with Crippen molar-refractivity contribution in [2.45, 2.75) is 47.1 Å². The summed E-state index contributed by atoms with van der Waals surface area (Å²) in [7, 11) is 0. The number of nitrogens with one attached hydrogen (secondary N) is 1. The summed E-state index contributed by atoms with van der Waals surface area (Å²) in [4.78, 5) is 20.3. The van der Waals surface area contributed by atoms with Crippen LogP contribution < -0.4 is 10.2 Å². The number of amides is 1. The molecule has 5 rings (SSSR count). The number of anilines is 2. The Kier molecular flexibility index (Phi) is 6.12. The SMILES string of the molecule is Cc1cn2cc(-c3cc(NC(=O)c4ccn(C(C)(C)C)c4)c(C)cc3C)cc(N3CCOCC3)c2n1. The number of ether oxygens (including phenoxy) is 1. The number of morpholine rings is 1. The molecule has 0 spiro atoms. The molecule has 7 nitrogen and oxygen atoms in total. The van der Waals surface area contributed by atoms with E-state index in [9.17, 15) is 4.79 Å². The van der Waals surface area contributed by atoms with E-state index >= 15 is 0 Å². The van der Waals surface area contributed by atoms with Crippen molar-refractivity contribution in [3.05, 3.63) is 71.4 Å². The molecule has 4 aromatic rings. The minimum absolute atomic E-state index is 0.0754. The zero-order valence-electron chi connectivity index (χ0n) is 22.1. The smallest absolute Gasteiger partial charge is 0.257 e. The number of carbonyl (C=O) groups is 1. The van der Waals surface area contributed by atoms with Crippen LogP contribution in [0.15, 0.2) is 49.1 Å². The molecule has 7 heteroatoms. The molecular formula is C29H35N5O2. The van der Waals surface area contributed by atoms with Gasteiger partial charge in [-0.2, -0.15) is 0 Å². The summed E-state index contributed by atoms with van der Waals surface area (Å²) in [5, 5.41) is 3.15. The van der Waals surface area contributed by atoms with E-state index in [0.717, 1.165) is 58.1 Å². The Balaban J connectivity index is 1.53. The molecule has 1 fully saturated rings. The Hall–Kier alpha value is -3.58. The van der Waals surface area contributed by atoms with Crippen molar-refractivity contribution in [2.75, 3.05) is 36.5 Å². The van der Waals surface area contributed by atoms with Crippen LogP contribution in [0.2, 0.25) is 0 Å². The van der Waals surface area contributed by atoms with Crippen LogP contribution in [0.1, 0.15) is 48.0 Å². The first kappa shape index (κ1) is 24.1. The number of pyridine rings is 1. The van der Waals surface area contributed by atoms with Crippen molar-refractivity contribution >= 4 is 22.9 Å². The van der Waals surface area contributed by atoms with Crippen LogP contribution in [0.4, 0.5) is 11.4 Å². The lowest BCUT2D eigenvalue weighted by Crippen LogP contribution is -2.36. The first-order valence-corrected chi connectivity index (χ1v) is 12.5. The highest BCUT2D eigenvalue weighted by atomic mass is 16.5. The van der Waals surface area contributed by atoms with Crippen molar-refractivity contribution in [3.8, 4) is 11.1 Å². The standard InChI is InChI=1S/C29H35N5O2/c1-19-13-20(2)25(31-28(35)22-7-8-34(18-22)29(4,5)6)15-24(19)23-14-26(32-9-11-36-12-10-32)27-30-21(3)16-33(27)17-23/h7-8,13-18H,9-12H2,1-6H3,(H,31,35). The molecule has 188 valence electrons. The number of carbonyl (C=O) groups excluding carboxylic acids is 1. The fourth-order valence-corrected chi connectivity index (χ4v) is 4.83. The lowest BCUT2D eigenvalue weighted by atomic mass is 9.97. The molecule has 0 aliphatic carbocycles. The molecular weight excluding hydrogens is 450 g/mol. The predicted molar refractivity (Wildman–Crippen MR) is 145 cm³/mol. The second kappa shape index (κ2) is 9.13. The molecule has 0 bridgehead atoms. The van der Waals surface area contributed by atoms with E-state index in [4.69, 9.17) is 9.72 Å². The van der Waals surface area contributed by atoms with Gasteiger partial charge in [-0.05, 0) is 76.4 Å². The van der Waals surface area contributed by atoms with E-state index in [2.05, 4.69) is 77.5 Å². The quantitative estimate of drug-likeness (QED) is 0.410. The highest BCUT2D eigenvalue weighted by molar-refractivity contribution is 6.05. The van der Waals surface area contributed by atoms with Crippen LogP contribution in [0.3, 0.4) is 0 Å². The number of aryl methyl sites for hydroxylation is 3. The van der Waals surface area contributed by atoms with Gasteiger partial charge < -0.3 is 23.9 Å². The molecule has 0 atom stereocenters. The van der Waals surface area contributed by atoms with Crippen LogP contribution in [0, 0.1) is 20.8 Å². The third kappa shape index (κ3) is 4.63. The van der Waals surface area contributed by atoms with Crippen molar-refractivity contribution in [1.29, 1.82) is 0 Å². The molecule has 3 aromatic heterocycles. The molecule has 1 saturated heterocycles. The van der Waals surface area contributed by atoms with Crippen LogP contribution in [-0.4, -0.2) is 46.2 Å². The highest BCUT2D eigenvalue weighted by Crippen LogP contribution is 2.34. The van der Waals surface area contributed by atoms with Crippen LogP contribution in [-0.2, 0) is 10.3 Å². The zero-order valence-corrected chi connectivity index (χ0v) is 22.1. The third-order valence-electron chi connectivity index (χ3n) is 6.86. The topological polar surface area (TPSA) is 63.8 Å². The van der Waals surface area contributed by atoms with Gasteiger partial charge >= 0.3 is 0 Å². The maximum atomic E-state index is 13.1. The number of aromatic nitrogens is 3. The average molecular weight is 486 g/mol. The summed E-state index contributed by atoms with van der Waals surface area (Å²) >= 11 is 0. The lowest BCUT2D eigenvalue weighted by Gasteiger charge is -2.29. The molecule has 0 saturated carbocycles. The number of imidazole rings is 1. The number of nitrogens with zero attached hydrogens (tertiary/aromatic N) is 4. The van der Waals surface area contributed by atoms with E-state index in [-0.39, 0.29) is 11.4 Å². The maximum Gasteiger partial charge on any atom is 0.257 e. The molecule has 0 unspecified atom stereocenters. The van der Waals surface area contributed by atoms with E-state index in [1.807, 2.05) is 32.3 Å². The minimum atomic E-state index is -0.106. The van der Waals surface area contributed by atoms with Crippen molar-refractivity contribution in [1.82, 2.24) is 14.0 Å². The zero-order chi connectivity index (χ0) is 25.6. The largest absolute Gasteiger partial charge is 0.378 e. The summed E-state index contributed by atoms with van der Waals surface area (Å²) in [6, 6.07) is 8.33. The molecule has 1 aromatic carbocycles. The Labute approximate surface area is 212 Å². The van der Waals surface area contributed by atoms with Crippen LogP contribution >= 0.6 is 0 Å². The second-order valence-electron chi connectivity index (χ2n) is 10.7. The Morgan fingerprint density at radius 2 is 1.75 bits per heavy atom. The van der Waals surface area contributed by atoms with Crippen molar-refractivity contribution in [3.63, 3.8) is 0 Å². The van der Waals surface area contributed by atoms with Gasteiger partial charge in [-0.15, -0.1) is 0 Å². The lowest BCUT2D eigenvalue weighted by molar-refractivity contribution is 0.102. The van der Waals surface area contributed by atoms with Gasteiger partial charge in [0.25, 0.3) is 5.91 Å². The summed E-state index contributed by atoms with van der Waals surface area (Å²) in [5.41, 5.74) is 8.82. The van der Waals surface area contributed by atoms with Gasteiger partial charge in [0.2, 0.25) is 0 Å².